The Kier molecular flexibility index (Phi) is 6.23. The van der Waals surface area contributed by atoms with Crippen LogP contribution in [0.15, 0.2) is 11.6 Å². The molecule has 0 aromatic rings. The number of ketones is 1. The number of aliphatic hydroxyl groups excluding tert-OH is 1. The van der Waals surface area contributed by atoms with Crippen molar-refractivity contribution in [2.24, 2.45) is 50.2 Å². The topological polar surface area (TPSA) is 57.6 Å². The molecule has 39 heavy (non-hydrogen) atoms. The van der Waals surface area contributed by atoms with Gasteiger partial charge in [-0.05, 0) is 109 Å². The fourth-order valence-electron chi connectivity index (χ4n) is 11.9. The van der Waals surface area contributed by atoms with Gasteiger partial charge in [0.05, 0.1) is 11.5 Å². The molecule has 6 aliphatic rings. The zero-order valence-electron chi connectivity index (χ0n) is 26.0. The van der Waals surface area contributed by atoms with Gasteiger partial charge in [0.15, 0.2) is 0 Å². The van der Waals surface area contributed by atoms with Gasteiger partial charge in [0.25, 0.3) is 0 Å². The molecule has 4 saturated carbocycles. The molecule has 0 aromatic carbocycles. The molecule has 1 saturated heterocycles. The van der Waals surface area contributed by atoms with Crippen LogP contribution in [-0.2, 0) is 9.59 Å². The van der Waals surface area contributed by atoms with E-state index in [1.165, 1.54) is 12.8 Å². The van der Waals surface area contributed by atoms with Gasteiger partial charge in [-0.2, -0.15) is 0 Å². The predicted octanol–water partition coefficient (Wildman–Crippen LogP) is 7.34. The maximum absolute atomic E-state index is 14.5. The molecule has 1 heterocycles. The van der Waals surface area contributed by atoms with Crippen LogP contribution in [0.4, 0.5) is 0 Å². The van der Waals surface area contributed by atoms with Crippen molar-refractivity contribution >= 4 is 11.7 Å². The molecule has 0 spiro atoms. The number of carbonyl (C=O) groups is 2. The molecule has 4 heteroatoms. The van der Waals surface area contributed by atoms with Gasteiger partial charge in [-0.25, -0.2) is 0 Å². The summed E-state index contributed by atoms with van der Waals surface area (Å²) in [4.78, 5) is 28.5. The van der Waals surface area contributed by atoms with Crippen molar-refractivity contribution in [2.75, 3.05) is 13.1 Å². The Morgan fingerprint density at radius 1 is 0.872 bits per heavy atom. The van der Waals surface area contributed by atoms with Crippen LogP contribution in [0.25, 0.3) is 0 Å². The summed E-state index contributed by atoms with van der Waals surface area (Å²) in [5.41, 5.74) is 2.13. The zero-order valence-corrected chi connectivity index (χ0v) is 26.0. The summed E-state index contributed by atoms with van der Waals surface area (Å²) in [6.07, 6.45) is 14.5. The van der Waals surface area contributed by atoms with Gasteiger partial charge in [0, 0.05) is 25.9 Å². The highest BCUT2D eigenvalue weighted by molar-refractivity contribution is 5.87. The number of Topliss-reactive ketones (excluding diaryl/α,β-unsaturated/α-hetero) is 1. The Morgan fingerprint density at radius 3 is 2.23 bits per heavy atom. The highest BCUT2D eigenvalue weighted by atomic mass is 16.3. The number of hydrogen-bond acceptors (Lipinski definition) is 3. The summed E-state index contributed by atoms with van der Waals surface area (Å²) in [6.45, 7) is 18.5. The molecule has 5 fully saturated rings. The Balaban J connectivity index is 1.40. The SMILES string of the molecule is CC1(C)CC[C@]2(C(=O)N3CCC(=O)CC3)CC[C@]3(C)C(=CC[C@@H]4[C@@]5(C)CC[C@H](O)C(C)(C)[C@@H]5CC[C@]43C)[C@@H]2C1. The van der Waals surface area contributed by atoms with Gasteiger partial charge in [0.2, 0.25) is 5.91 Å². The zero-order chi connectivity index (χ0) is 28.2. The molecule has 1 N–H and O–H groups in total. The molecule has 0 radical (unpaired) electrons. The molecule has 0 unspecified atom stereocenters. The first kappa shape index (κ1) is 28.0. The van der Waals surface area contributed by atoms with Gasteiger partial charge in [-0.1, -0.05) is 60.1 Å². The van der Waals surface area contributed by atoms with E-state index in [0.29, 0.717) is 55.4 Å². The third-order valence-corrected chi connectivity index (χ3v) is 14.7. The maximum atomic E-state index is 14.5. The van der Waals surface area contributed by atoms with Crippen LogP contribution < -0.4 is 0 Å². The highest BCUT2D eigenvalue weighted by Gasteiger charge is 2.69. The van der Waals surface area contributed by atoms with Gasteiger partial charge in [-0.3, -0.25) is 9.59 Å². The van der Waals surface area contributed by atoms with Crippen LogP contribution in [0.3, 0.4) is 0 Å². The van der Waals surface area contributed by atoms with Gasteiger partial charge < -0.3 is 10.0 Å². The molecule has 0 aromatic heterocycles. The second-order valence-electron chi connectivity index (χ2n) is 17.1. The van der Waals surface area contributed by atoms with Crippen molar-refractivity contribution in [1.29, 1.82) is 0 Å². The summed E-state index contributed by atoms with van der Waals surface area (Å²) in [5, 5.41) is 11.0. The Hall–Kier alpha value is -1.16. The second kappa shape index (κ2) is 8.68. The fourth-order valence-corrected chi connectivity index (χ4v) is 11.9. The number of carbonyl (C=O) groups excluding carboxylic acids is 2. The Morgan fingerprint density at radius 2 is 1.54 bits per heavy atom. The molecular formula is C35H55NO3. The van der Waals surface area contributed by atoms with Crippen LogP contribution >= 0.6 is 0 Å². The summed E-state index contributed by atoms with van der Waals surface area (Å²) in [6, 6.07) is 0. The van der Waals surface area contributed by atoms with Gasteiger partial charge in [0.1, 0.15) is 5.78 Å². The molecule has 6 rings (SSSR count). The minimum Gasteiger partial charge on any atom is -0.393 e. The number of hydrogen-bond donors (Lipinski definition) is 1. The van der Waals surface area contributed by atoms with E-state index < -0.39 is 0 Å². The number of rotatable bonds is 1. The van der Waals surface area contributed by atoms with Crippen molar-refractivity contribution in [2.45, 2.75) is 132 Å². The minimum atomic E-state index is -0.289. The third-order valence-electron chi connectivity index (χ3n) is 14.7. The quantitative estimate of drug-likeness (QED) is 0.356. The Bertz CT molecular complexity index is 1080. The molecule has 8 atom stereocenters. The van der Waals surface area contributed by atoms with Crippen molar-refractivity contribution in [3.8, 4) is 0 Å². The highest BCUT2D eigenvalue weighted by Crippen LogP contribution is 2.75. The van der Waals surface area contributed by atoms with Gasteiger partial charge >= 0.3 is 0 Å². The van der Waals surface area contributed by atoms with Crippen LogP contribution in [0, 0.1) is 50.2 Å². The second-order valence-corrected chi connectivity index (χ2v) is 17.1. The number of allylic oxidation sites excluding steroid dienone is 2. The minimum absolute atomic E-state index is 0.0312. The van der Waals surface area contributed by atoms with Crippen molar-refractivity contribution in [1.82, 2.24) is 4.90 Å². The number of amides is 1. The van der Waals surface area contributed by atoms with E-state index in [1.54, 1.807) is 5.57 Å². The standard InChI is InChI=1S/C35H55NO3/c1-30(2)16-18-35(29(39)36-20-12-23(37)13-21-36)19-17-33(6)24(25(35)22-30)8-9-27-32(5)14-11-28(38)31(3,4)26(32)10-15-34(27,33)7/h8,25-28,38H,9-22H2,1-7H3/t25-,26-,27+,28-,32-,33+,34+,35-/m0/s1. The number of piperidine rings is 1. The summed E-state index contributed by atoms with van der Waals surface area (Å²) in [5.74, 6) is 2.18. The van der Waals surface area contributed by atoms with Gasteiger partial charge in [-0.15, -0.1) is 0 Å². The largest absolute Gasteiger partial charge is 0.393 e. The average molecular weight is 538 g/mol. The number of likely N-dealkylation sites (tertiary alicyclic amines) is 1. The average Bonchev–Trinajstić information content (AvgIpc) is 2.87. The summed E-state index contributed by atoms with van der Waals surface area (Å²) >= 11 is 0. The number of fused-ring (bicyclic) bond motifs is 7. The summed E-state index contributed by atoms with van der Waals surface area (Å²) < 4.78 is 0. The van der Waals surface area contributed by atoms with E-state index in [2.05, 4.69) is 59.4 Å². The van der Waals surface area contributed by atoms with Crippen molar-refractivity contribution in [3.63, 3.8) is 0 Å². The first-order valence-corrected chi connectivity index (χ1v) is 16.3. The van der Waals surface area contributed by atoms with E-state index in [1.807, 2.05) is 0 Å². The van der Waals surface area contributed by atoms with Crippen LogP contribution in [0.2, 0.25) is 0 Å². The van der Waals surface area contributed by atoms with E-state index >= 15 is 0 Å². The number of aliphatic hydroxyl groups is 1. The monoisotopic (exact) mass is 537 g/mol. The molecule has 4 nitrogen and oxygen atoms in total. The van der Waals surface area contributed by atoms with Crippen molar-refractivity contribution < 1.29 is 14.7 Å². The van der Waals surface area contributed by atoms with Crippen LogP contribution in [0.5, 0.6) is 0 Å². The molecule has 1 aliphatic heterocycles. The van der Waals surface area contributed by atoms with E-state index in [0.717, 1.165) is 51.4 Å². The van der Waals surface area contributed by atoms with Crippen LogP contribution in [0.1, 0.15) is 126 Å². The lowest BCUT2D eigenvalue weighted by molar-refractivity contribution is -0.204. The number of nitrogens with zero attached hydrogens (tertiary/aromatic N) is 1. The molecular weight excluding hydrogens is 482 g/mol. The lowest BCUT2D eigenvalue weighted by Gasteiger charge is -2.71. The van der Waals surface area contributed by atoms with Crippen LogP contribution in [-0.4, -0.2) is 40.9 Å². The fraction of sp³-hybridized carbons (Fsp3) is 0.886. The van der Waals surface area contributed by atoms with E-state index in [-0.39, 0.29) is 38.6 Å². The Labute approximate surface area is 237 Å². The van der Waals surface area contributed by atoms with E-state index in [9.17, 15) is 14.7 Å². The van der Waals surface area contributed by atoms with E-state index in [4.69, 9.17) is 0 Å². The third kappa shape index (κ3) is 3.71. The predicted molar refractivity (Wildman–Crippen MR) is 156 cm³/mol. The maximum Gasteiger partial charge on any atom is 0.229 e. The summed E-state index contributed by atoms with van der Waals surface area (Å²) in [7, 11) is 0. The molecule has 218 valence electrons. The normalized spacial score (nSPS) is 48.7. The van der Waals surface area contributed by atoms with Crippen molar-refractivity contribution in [3.05, 3.63) is 11.6 Å². The molecule has 1 amide bonds. The lowest BCUT2D eigenvalue weighted by atomic mass is 9.33. The molecule has 0 bridgehead atoms. The first-order chi connectivity index (χ1) is 18.1. The smallest absolute Gasteiger partial charge is 0.229 e. The molecule has 5 aliphatic carbocycles. The first-order valence-electron chi connectivity index (χ1n) is 16.3. The lowest BCUT2D eigenvalue weighted by Crippen LogP contribution is -2.65.